The molecule has 1 aliphatic carbocycles. The van der Waals surface area contributed by atoms with Crippen molar-refractivity contribution in [3.63, 3.8) is 0 Å². The normalized spacial score (nSPS) is 16.1. The predicted molar refractivity (Wildman–Crippen MR) is 82.5 cm³/mol. The summed E-state index contributed by atoms with van der Waals surface area (Å²) in [6, 6.07) is 13.5. The van der Waals surface area contributed by atoms with E-state index in [1.54, 1.807) is 18.2 Å². The maximum absolute atomic E-state index is 10.9. The zero-order valence-electron chi connectivity index (χ0n) is 10.8. The first-order valence-electron chi connectivity index (χ1n) is 6.49. The molecule has 102 valence electrons. The Hall–Kier alpha value is -1.81. The van der Waals surface area contributed by atoms with Gasteiger partial charge in [-0.2, -0.15) is 0 Å². The fourth-order valence-electron chi connectivity index (χ4n) is 2.57. The van der Waals surface area contributed by atoms with Gasteiger partial charge >= 0.3 is 5.97 Å². The number of carboxylic acid groups (broad SMARTS) is 1. The van der Waals surface area contributed by atoms with E-state index in [9.17, 15) is 4.79 Å². The van der Waals surface area contributed by atoms with Crippen molar-refractivity contribution >= 4 is 27.6 Å². The van der Waals surface area contributed by atoms with Crippen molar-refractivity contribution in [1.29, 1.82) is 0 Å². The van der Waals surface area contributed by atoms with Gasteiger partial charge in [-0.1, -0.05) is 24.3 Å². The van der Waals surface area contributed by atoms with Gasteiger partial charge in [0.1, 0.15) is 0 Å². The molecule has 2 N–H and O–H groups in total. The number of anilines is 1. The summed E-state index contributed by atoms with van der Waals surface area (Å²) in [5, 5.41) is 12.3. The van der Waals surface area contributed by atoms with Gasteiger partial charge in [0.2, 0.25) is 0 Å². The van der Waals surface area contributed by atoms with E-state index >= 15 is 0 Å². The van der Waals surface area contributed by atoms with E-state index in [4.69, 9.17) is 5.11 Å². The molecule has 0 saturated heterocycles. The Labute approximate surface area is 125 Å². The summed E-state index contributed by atoms with van der Waals surface area (Å²) >= 11 is 3.41. The number of aromatic carboxylic acids is 1. The van der Waals surface area contributed by atoms with Crippen molar-refractivity contribution in [2.75, 3.05) is 11.9 Å². The summed E-state index contributed by atoms with van der Waals surface area (Å²) in [6.07, 6.45) is 1.11. The Balaban J connectivity index is 1.67. The highest BCUT2D eigenvalue weighted by Crippen LogP contribution is 2.35. The molecule has 0 fully saturated rings. The average molecular weight is 332 g/mol. The SMILES string of the molecule is O=C(O)c1ccc(NCC2Cc3ccccc32)c(Br)c1. The summed E-state index contributed by atoms with van der Waals surface area (Å²) in [6.45, 7) is 0.863. The van der Waals surface area contributed by atoms with Crippen LogP contribution in [-0.4, -0.2) is 17.6 Å². The predicted octanol–water partition coefficient (Wildman–Crippen LogP) is 3.90. The molecule has 0 saturated carbocycles. The first-order chi connectivity index (χ1) is 9.65. The number of carboxylic acids is 1. The lowest BCUT2D eigenvalue weighted by Crippen LogP contribution is -2.24. The second kappa shape index (κ2) is 5.29. The molecule has 3 rings (SSSR count). The van der Waals surface area contributed by atoms with Gasteiger partial charge in [-0.3, -0.25) is 0 Å². The van der Waals surface area contributed by atoms with Gasteiger partial charge in [0.25, 0.3) is 0 Å². The third-order valence-corrected chi connectivity index (χ3v) is 4.37. The molecule has 0 heterocycles. The number of benzene rings is 2. The van der Waals surface area contributed by atoms with E-state index in [-0.39, 0.29) is 5.56 Å². The molecule has 20 heavy (non-hydrogen) atoms. The Morgan fingerprint density at radius 3 is 2.80 bits per heavy atom. The lowest BCUT2D eigenvalue weighted by molar-refractivity contribution is 0.0697. The van der Waals surface area contributed by atoms with Crippen LogP contribution in [0.15, 0.2) is 46.9 Å². The molecule has 0 spiro atoms. The number of hydrogen-bond donors (Lipinski definition) is 2. The van der Waals surface area contributed by atoms with E-state index in [1.165, 1.54) is 11.1 Å². The summed E-state index contributed by atoms with van der Waals surface area (Å²) in [5.41, 5.74) is 4.06. The molecule has 0 aromatic heterocycles. The first kappa shape index (κ1) is 13.2. The summed E-state index contributed by atoms with van der Waals surface area (Å²) in [4.78, 5) is 10.9. The number of rotatable bonds is 4. The van der Waals surface area contributed by atoms with Gasteiger partial charge in [-0.15, -0.1) is 0 Å². The maximum atomic E-state index is 10.9. The molecule has 1 aliphatic rings. The minimum atomic E-state index is -0.912. The van der Waals surface area contributed by atoms with Crippen molar-refractivity contribution in [2.24, 2.45) is 0 Å². The van der Waals surface area contributed by atoms with E-state index in [1.807, 2.05) is 0 Å². The largest absolute Gasteiger partial charge is 0.478 e. The van der Waals surface area contributed by atoms with E-state index < -0.39 is 5.97 Å². The Morgan fingerprint density at radius 2 is 2.10 bits per heavy atom. The third-order valence-electron chi connectivity index (χ3n) is 3.72. The van der Waals surface area contributed by atoms with Gasteiger partial charge in [0, 0.05) is 22.6 Å². The second-order valence-corrected chi connectivity index (χ2v) is 5.83. The minimum Gasteiger partial charge on any atom is -0.478 e. The Kier molecular flexibility index (Phi) is 3.49. The third kappa shape index (κ3) is 2.43. The standard InChI is InChI=1S/C16H14BrNO2/c17-14-8-11(16(19)20)5-6-15(14)18-9-12-7-10-3-1-2-4-13(10)12/h1-6,8,12,18H,7,9H2,(H,19,20). The van der Waals surface area contributed by atoms with E-state index in [0.29, 0.717) is 5.92 Å². The number of fused-ring (bicyclic) bond motifs is 1. The first-order valence-corrected chi connectivity index (χ1v) is 7.29. The quantitative estimate of drug-likeness (QED) is 0.893. The minimum absolute atomic E-state index is 0.288. The van der Waals surface area contributed by atoms with Crippen LogP contribution in [0.1, 0.15) is 27.4 Å². The fourth-order valence-corrected chi connectivity index (χ4v) is 3.09. The zero-order chi connectivity index (χ0) is 14.1. The Morgan fingerprint density at radius 1 is 1.30 bits per heavy atom. The van der Waals surface area contributed by atoms with E-state index in [2.05, 4.69) is 45.5 Å². The van der Waals surface area contributed by atoms with Gasteiger partial charge in [0.05, 0.1) is 5.56 Å². The van der Waals surface area contributed by atoms with Crippen LogP contribution in [0.25, 0.3) is 0 Å². The molecule has 0 bridgehead atoms. The lowest BCUT2D eigenvalue weighted by Gasteiger charge is -2.30. The van der Waals surface area contributed by atoms with Crippen molar-refractivity contribution < 1.29 is 9.90 Å². The van der Waals surface area contributed by atoms with Crippen LogP contribution >= 0.6 is 15.9 Å². The number of carbonyl (C=O) groups is 1. The smallest absolute Gasteiger partial charge is 0.335 e. The molecule has 0 radical (unpaired) electrons. The van der Waals surface area contributed by atoms with Crippen molar-refractivity contribution in [3.8, 4) is 0 Å². The van der Waals surface area contributed by atoms with Gasteiger partial charge in [-0.05, 0) is 51.7 Å². The van der Waals surface area contributed by atoms with Crippen LogP contribution in [-0.2, 0) is 6.42 Å². The molecule has 3 nitrogen and oxygen atoms in total. The summed E-state index contributed by atoms with van der Waals surface area (Å²) in [5.74, 6) is -0.373. The van der Waals surface area contributed by atoms with Crippen LogP contribution in [0.4, 0.5) is 5.69 Å². The molecular weight excluding hydrogens is 318 g/mol. The number of halogens is 1. The van der Waals surface area contributed by atoms with Crippen LogP contribution in [0.3, 0.4) is 0 Å². The van der Waals surface area contributed by atoms with Crippen molar-refractivity contribution in [1.82, 2.24) is 0 Å². The topological polar surface area (TPSA) is 49.3 Å². The van der Waals surface area contributed by atoms with Crippen molar-refractivity contribution in [3.05, 3.63) is 63.6 Å². The second-order valence-electron chi connectivity index (χ2n) is 4.98. The molecular formula is C16H14BrNO2. The lowest BCUT2D eigenvalue weighted by atomic mass is 9.77. The summed E-state index contributed by atoms with van der Waals surface area (Å²) in [7, 11) is 0. The molecule has 0 amide bonds. The van der Waals surface area contributed by atoms with Gasteiger partial charge < -0.3 is 10.4 Å². The van der Waals surface area contributed by atoms with Crippen LogP contribution < -0.4 is 5.32 Å². The molecule has 2 aromatic rings. The number of hydrogen-bond acceptors (Lipinski definition) is 2. The zero-order valence-corrected chi connectivity index (χ0v) is 12.4. The maximum Gasteiger partial charge on any atom is 0.335 e. The highest BCUT2D eigenvalue weighted by Gasteiger charge is 2.25. The molecule has 2 aromatic carbocycles. The highest BCUT2D eigenvalue weighted by atomic mass is 79.9. The highest BCUT2D eigenvalue weighted by molar-refractivity contribution is 9.10. The van der Waals surface area contributed by atoms with Gasteiger partial charge in [0.15, 0.2) is 0 Å². The molecule has 1 atom stereocenters. The van der Waals surface area contributed by atoms with Crippen LogP contribution in [0, 0.1) is 0 Å². The van der Waals surface area contributed by atoms with Crippen LogP contribution in [0.2, 0.25) is 0 Å². The van der Waals surface area contributed by atoms with Crippen molar-refractivity contribution in [2.45, 2.75) is 12.3 Å². The van der Waals surface area contributed by atoms with Gasteiger partial charge in [-0.25, -0.2) is 4.79 Å². The molecule has 0 aliphatic heterocycles. The molecule has 4 heteroatoms. The van der Waals surface area contributed by atoms with Crippen LogP contribution in [0.5, 0.6) is 0 Å². The summed E-state index contributed by atoms with van der Waals surface area (Å²) < 4.78 is 0.782. The molecule has 1 unspecified atom stereocenters. The average Bonchev–Trinajstić information content (AvgIpc) is 2.41. The van der Waals surface area contributed by atoms with E-state index in [0.717, 1.165) is 23.1 Å². The number of nitrogens with one attached hydrogen (secondary N) is 1. The fraction of sp³-hybridized carbons (Fsp3) is 0.188. The monoisotopic (exact) mass is 331 g/mol. The Bertz CT molecular complexity index is 669.